The molecule has 0 fully saturated rings. The normalized spacial score (nSPS) is 18.9. The number of rotatable bonds is 5. The lowest BCUT2D eigenvalue weighted by molar-refractivity contribution is 0.166. The number of aromatic nitrogens is 2. The molecule has 1 aromatic carbocycles. The molecule has 2 unspecified atom stereocenters. The molecule has 2 aromatic rings. The number of para-hydroxylation sites is 1. The van der Waals surface area contributed by atoms with Gasteiger partial charge in [0.15, 0.2) is 0 Å². The van der Waals surface area contributed by atoms with Crippen LogP contribution in [0.2, 0.25) is 0 Å². The van der Waals surface area contributed by atoms with E-state index in [0.29, 0.717) is 6.04 Å². The van der Waals surface area contributed by atoms with Crippen LogP contribution in [0.1, 0.15) is 12.5 Å². The number of ether oxygens (including phenoxy) is 1. The Morgan fingerprint density at radius 3 is 3.10 bits per heavy atom. The van der Waals surface area contributed by atoms with Crippen LogP contribution >= 0.6 is 11.8 Å². The molecular weight excluding hydrogens is 282 g/mol. The highest BCUT2D eigenvalue weighted by molar-refractivity contribution is 7.99. The molecule has 1 aromatic heterocycles. The molecule has 112 valence electrons. The molecule has 0 spiro atoms. The van der Waals surface area contributed by atoms with Gasteiger partial charge in [-0.05, 0) is 30.7 Å². The van der Waals surface area contributed by atoms with E-state index >= 15 is 0 Å². The largest absolute Gasteiger partial charge is 0.487 e. The highest BCUT2D eigenvalue weighted by Crippen LogP contribution is 2.36. The van der Waals surface area contributed by atoms with E-state index < -0.39 is 0 Å². The summed E-state index contributed by atoms with van der Waals surface area (Å²) < 4.78 is 8.07. The van der Waals surface area contributed by atoms with E-state index in [1.165, 1.54) is 10.5 Å². The zero-order valence-electron chi connectivity index (χ0n) is 12.5. The van der Waals surface area contributed by atoms with Gasteiger partial charge in [-0.3, -0.25) is 4.68 Å². The molecule has 0 saturated heterocycles. The summed E-state index contributed by atoms with van der Waals surface area (Å²) >= 11 is 1.88. The maximum absolute atomic E-state index is 6.22. The van der Waals surface area contributed by atoms with Crippen LogP contribution in [0.4, 0.5) is 0 Å². The second-order valence-electron chi connectivity index (χ2n) is 5.30. The Bertz CT molecular complexity index is 599. The van der Waals surface area contributed by atoms with Gasteiger partial charge in [0.05, 0.1) is 6.20 Å². The molecule has 1 aliphatic heterocycles. The molecule has 1 N–H and O–H groups in total. The average Bonchev–Trinajstić information content (AvgIpc) is 2.91. The zero-order valence-corrected chi connectivity index (χ0v) is 13.3. The molecule has 1 aliphatic rings. The molecule has 0 aliphatic carbocycles. The quantitative estimate of drug-likeness (QED) is 0.921. The van der Waals surface area contributed by atoms with Gasteiger partial charge in [0.2, 0.25) is 0 Å². The fourth-order valence-corrected chi connectivity index (χ4v) is 3.74. The maximum atomic E-state index is 6.22. The van der Waals surface area contributed by atoms with Crippen molar-refractivity contribution >= 4 is 11.8 Å². The van der Waals surface area contributed by atoms with Crippen LogP contribution in [-0.4, -0.2) is 34.2 Å². The van der Waals surface area contributed by atoms with Gasteiger partial charge in [-0.2, -0.15) is 5.10 Å². The van der Waals surface area contributed by atoms with Crippen molar-refractivity contribution in [3.05, 3.63) is 42.2 Å². The third-order valence-corrected chi connectivity index (χ3v) is 4.80. The maximum Gasteiger partial charge on any atom is 0.133 e. The number of nitrogens with one attached hydrogen (secondary N) is 1. The molecule has 3 rings (SSSR count). The lowest BCUT2D eigenvalue weighted by Gasteiger charge is -2.32. The molecule has 4 nitrogen and oxygen atoms in total. The fraction of sp³-hybridized carbons (Fsp3) is 0.438. The molecule has 5 heteroatoms. The Morgan fingerprint density at radius 2 is 2.33 bits per heavy atom. The van der Waals surface area contributed by atoms with Gasteiger partial charge in [-0.25, -0.2) is 0 Å². The number of thioether (sulfide) groups is 1. The molecule has 2 heterocycles. The van der Waals surface area contributed by atoms with Gasteiger partial charge in [0.25, 0.3) is 0 Å². The molecular formula is C16H21N3OS. The van der Waals surface area contributed by atoms with Gasteiger partial charge >= 0.3 is 0 Å². The molecule has 0 radical (unpaired) electrons. The summed E-state index contributed by atoms with van der Waals surface area (Å²) in [6, 6.07) is 8.58. The summed E-state index contributed by atoms with van der Waals surface area (Å²) in [5.41, 5.74) is 1.25. The van der Waals surface area contributed by atoms with E-state index in [0.717, 1.165) is 24.5 Å². The van der Waals surface area contributed by atoms with E-state index in [1.54, 1.807) is 0 Å². The van der Waals surface area contributed by atoms with Crippen molar-refractivity contribution in [2.75, 3.05) is 12.3 Å². The number of hydrogen-bond donors (Lipinski definition) is 1. The van der Waals surface area contributed by atoms with Crippen molar-refractivity contribution in [2.24, 2.45) is 7.05 Å². The average molecular weight is 303 g/mol. The summed E-state index contributed by atoms with van der Waals surface area (Å²) in [4.78, 5) is 1.24. The molecule has 0 amide bonds. The van der Waals surface area contributed by atoms with Crippen LogP contribution < -0.4 is 10.1 Å². The lowest BCUT2D eigenvalue weighted by Crippen LogP contribution is -2.47. The Hall–Kier alpha value is -1.46. The van der Waals surface area contributed by atoms with Crippen molar-refractivity contribution < 1.29 is 4.74 Å². The smallest absolute Gasteiger partial charge is 0.133 e. The first-order valence-corrected chi connectivity index (χ1v) is 8.34. The van der Waals surface area contributed by atoms with Crippen LogP contribution in [-0.2, 0) is 13.5 Å². The van der Waals surface area contributed by atoms with Crippen LogP contribution in [0.3, 0.4) is 0 Å². The second kappa shape index (κ2) is 6.54. The van der Waals surface area contributed by atoms with Crippen LogP contribution in [0.5, 0.6) is 5.75 Å². The van der Waals surface area contributed by atoms with Gasteiger partial charge in [-0.1, -0.05) is 19.1 Å². The van der Waals surface area contributed by atoms with Crippen molar-refractivity contribution in [3.8, 4) is 5.75 Å². The predicted molar refractivity (Wildman–Crippen MR) is 86.0 cm³/mol. The Morgan fingerprint density at radius 1 is 1.48 bits per heavy atom. The van der Waals surface area contributed by atoms with Gasteiger partial charge in [-0.15, -0.1) is 11.8 Å². The standard InChI is InChI=1S/C16H21N3OS/c1-3-17-13(8-12-9-18-19(2)10-12)15-11-21-16-7-5-4-6-14(16)20-15/h4-7,9-10,13,15,17H,3,8,11H2,1-2H3. The lowest BCUT2D eigenvalue weighted by atomic mass is 10.0. The van der Waals surface area contributed by atoms with Crippen molar-refractivity contribution in [1.82, 2.24) is 15.1 Å². The summed E-state index contributed by atoms with van der Waals surface area (Å²) in [5, 5.41) is 7.82. The Kier molecular flexibility index (Phi) is 4.51. The summed E-state index contributed by atoms with van der Waals surface area (Å²) in [7, 11) is 1.95. The second-order valence-corrected chi connectivity index (χ2v) is 6.37. The minimum absolute atomic E-state index is 0.185. The molecule has 21 heavy (non-hydrogen) atoms. The van der Waals surface area contributed by atoms with Crippen molar-refractivity contribution in [1.29, 1.82) is 0 Å². The number of fused-ring (bicyclic) bond motifs is 1. The SMILES string of the molecule is CCNC(Cc1cnn(C)c1)C1CSc2ccccc2O1. The van der Waals surface area contributed by atoms with Gasteiger partial charge < -0.3 is 10.1 Å². The van der Waals surface area contributed by atoms with Gasteiger partial charge in [0, 0.05) is 29.9 Å². The minimum atomic E-state index is 0.185. The summed E-state index contributed by atoms with van der Waals surface area (Å²) in [6.07, 6.45) is 5.14. The van der Waals surface area contributed by atoms with E-state index in [-0.39, 0.29) is 6.10 Å². The first-order chi connectivity index (χ1) is 10.3. The topological polar surface area (TPSA) is 39.1 Å². The third kappa shape index (κ3) is 3.41. The number of benzene rings is 1. The van der Waals surface area contributed by atoms with Crippen molar-refractivity contribution in [3.63, 3.8) is 0 Å². The Labute approximate surface area is 129 Å². The Balaban J connectivity index is 1.72. The van der Waals surface area contributed by atoms with E-state index in [4.69, 9.17) is 4.74 Å². The predicted octanol–water partition coefficient (Wildman–Crippen LogP) is 2.49. The summed E-state index contributed by atoms with van der Waals surface area (Å²) in [5.74, 6) is 1.99. The van der Waals surface area contributed by atoms with Crippen LogP contribution in [0.25, 0.3) is 0 Å². The fourth-order valence-electron chi connectivity index (χ4n) is 2.66. The monoisotopic (exact) mass is 303 g/mol. The van der Waals surface area contributed by atoms with E-state index in [2.05, 4.69) is 41.7 Å². The zero-order chi connectivity index (χ0) is 14.7. The van der Waals surface area contributed by atoms with Crippen molar-refractivity contribution in [2.45, 2.75) is 30.4 Å². The van der Waals surface area contributed by atoms with Gasteiger partial charge in [0.1, 0.15) is 11.9 Å². The first kappa shape index (κ1) is 14.5. The molecule has 2 atom stereocenters. The number of aryl methyl sites for hydroxylation is 1. The first-order valence-electron chi connectivity index (χ1n) is 7.35. The van der Waals surface area contributed by atoms with Crippen LogP contribution in [0, 0.1) is 0 Å². The highest BCUT2D eigenvalue weighted by atomic mass is 32.2. The van der Waals surface area contributed by atoms with E-state index in [1.807, 2.05) is 35.8 Å². The third-order valence-electron chi connectivity index (χ3n) is 3.66. The molecule has 0 saturated carbocycles. The summed E-state index contributed by atoms with van der Waals surface area (Å²) in [6.45, 7) is 3.08. The number of nitrogens with zero attached hydrogens (tertiary/aromatic N) is 2. The van der Waals surface area contributed by atoms with Crippen LogP contribution in [0.15, 0.2) is 41.6 Å². The minimum Gasteiger partial charge on any atom is -0.487 e. The van der Waals surface area contributed by atoms with E-state index in [9.17, 15) is 0 Å². The number of hydrogen-bond acceptors (Lipinski definition) is 4. The highest BCUT2D eigenvalue weighted by Gasteiger charge is 2.28. The number of likely N-dealkylation sites (N-methyl/N-ethyl adjacent to an activating group) is 1. The molecule has 0 bridgehead atoms.